The summed E-state index contributed by atoms with van der Waals surface area (Å²) in [6, 6.07) is 11.9. The number of carbonyl (C=O) groups excluding carboxylic acids is 1. The largest absolute Gasteiger partial charge is 0.494 e. The number of amides is 1. The van der Waals surface area contributed by atoms with Gasteiger partial charge in [-0.1, -0.05) is 12.1 Å². The van der Waals surface area contributed by atoms with Crippen molar-refractivity contribution in [2.45, 2.75) is 64.8 Å². The highest BCUT2D eigenvalue weighted by Gasteiger charge is 2.40. The molecule has 0 bridgehead atoms. The highest BCUT2D eigenvalue weighted by atomic mass is 19.4. The minimum atomic E-state index is -4.67. The Hall–Kier alpha value is -4.06. The predicted molar refractivity (Wildman–Crippen MR) is 162 cm³/mol. The van der Waals surface area contributed by atoms with Gasteiger partial charge in [0.05, 0.1) is 18.2 Å². The van der Waals surface area contributed by atoms with Crippen LogP contribution >= 0.6 is 0 Å². The van der Waals surface area contributed by atoms with E-state index in [4.69, 9.17) is 4.74 Å². The Labute approximate surface area is 249 Å². The van der Waals surface area contributed by atoms with Gasteiger partial charge in [-0.05, 0) is 63.9 Å². The van der Waals surface area contributed by atoms with E-state index < -0.39 is 17.2 Å². The number of benzene rings is 2. The summed E-state index contributed by atoms with van der Waals surface area (Å²) >= 11 is 0. The maximum absolute atomic E-state index is 13.9. The van der Waals surface area contributed by atoms with E-state index in [0.717, 1.165) is 37.1 Å². The van der Waals surface area contributed by atoms with Crippen LogP contribution in [0.15, 0.2) is 42.6 Å². The number of alkyl halides is 3. The summed E-state index contributed by atoms with van der Waals surface area (Å²) in [5.74, 6) is -0.0260. The predicted octanol–water partition coefficient (Wildman–Crippen LogP) is 6.01. The first-order chi connectivity index (χ1) is 20.3. The molecule has 5 rings (SSSR count). The molecule has 0 spiro atoms. The SMILES string of the molecule is COc1cc(N2CCN(C(C)C)C(C)C2)ccc1Nc1ncc(C(F)(F)F)c(NCc2cccc3c2C(C)(C)C(=O)N3)n1. The van der Waals surface area contributed by atoms with Gasteiger partial charge in [0, 0.05) is 61.9 Å². The van der Waals surface area contributed by atoms with Crippen LogP contribution < -0.4 is 25.6 Å². The Morgan fingerprint density at radius 1 is 1.19 bits per heavy atom. The van der Waals surface area contributed by atoms with E-state index in [-0.39, 0.29) is 24.2 Å². The number of aromatic nitrogens is 2. The molecule has 1 amide bonds. The highest BCUT2D eigenvalue weighted by Crippen LogP contribution is 2.41. The van der Waals surface area contributed by atoms with Gasteiger partial charge in [-0.2, -0.15) is 18.2 Å². The Kier molecular flexibility index (Phi) is 8.17. The summed E-state index contributed by atoms with van der Waals surface area (Å²) in [5.41, 5.74) is 1.82. The van der Waals surface area contributed by atoms with Crippen molar-refractivity contribution in [3.8, 4) is 5.75 Å². The van der Waals surface area contributed by atoms with Crippen LogP contribution in [0.5, 0.6) is 5.75 Å². The Morgan fingerprint density at radius 3 is 2.63 bits per heavy atom. The van der Waals surface area contributed by atoms with E-state index in [9.17, 15) is 18.0 Å². The fraction of sp³-hybridized carbons (Fsp3) is 0.452. The number of ether oxygens (including phenoxy) is 1. The van der Waals surface area contributed by atoms with Gasteiger partial charge in [0.25, 0.3) is 0 Å². The minimum absolute atomic E-state index is 0.0174. The van der Waals surface area contributed by atoms with Gasteiger partial charge in [-0.25, -0.2) is 4.98 Å². The van der Waals surface area contributed by atoms with E-state index in [0.29, 0.717) is 34.8 Å². The lowest BCUT2D eigenvalue weighted by Gasteiger charge is -2.43. The number of halogens is 3. The number of rotatable bonds is 8. The van der Waals surface area contributed by atoms with Gasteiger partial charge in [0.2, 0.25) is 11.9 Å². The summed E-state index contributed by atoms with van der Waals surface area (Å²) in [6.45, 7) is 12.9. The van der Waals surface area contributed by atoms with Crippen molar-refractivity contribution in [2.24, 2.45) is 0 Å². The molecule has 3 N–H and O–H groups in total. The molecule has 3 heterocycles. The van der Waals surface area contributed by atoms with Crippen LogP contribution in [0.1, 0.15) is 51.3 Å². The fourth-order valence-electron chi connectivity index (χ4n) is 6.02. The molecular formula is C31H38F3N7O2. The highest BCUT2D eigenvalue weighted by molar-refractivity contribution is 6.06. The summed E-state index contributed by atoms with van der Waals surface area (Å²) in [7, 11) is 1.55. The lowest BCUT2D eigenvalue weighted by atomic mass is 9.83. The second-order valence-electron chi connectivity index (χ2n) is 11.9. The first kappa shape index (κ1) is 30.4. The van der Waals surface area contributed by atoms with Crippen molar-refractivity contribution >= 4 is 34.7 Å². The van der Waals surface area contributed by atoms with Gasteiger partial charge >= 0.3 is 6.18 Å². The third-order valence-electron chi connectivity index (χ3n) is 8.27. The van der Waals surface area contributed by atoms with Gasteiger partial charge in [-0.3, -0.25) is 9.69 Å². The Morgan fingerprint density at radius 2 is 1.95 bits per heavy atom. The number of hydrogen-bond donors (Lipinski definition) is 3. The lowest BCUT2D eigenvalue weighted by Crippen LogP contribution is -2.54. The Bertz CT molecular complexity index is 1510. The lowest BCUT2D eigenvalue weighted by molar-refractivity contribution is -0.137. The van der Waals surface area contributed by atoms with Crippen molar-refractivity contribution in [3.63, 3.8) is 0 Å². The molecule has 2 aliphatic rings. The van der Waals surface area contributed by atoms with E-state index in [1.54, 1.807) is 39.2 Å². The molecule has 9 nitrogen and oxygen atoms in total. The maximum Gasteiger partial charge on any atom is 0.421 e. The molecule has 1 atom stereocenters. The molecule has 43 heavy (non-hydrogen) atoms. The molecule has 0 aliphatic carbocycles. The molecule has 0 saturated carbocycles. The van der Waals surface area contributed by atoms with Crippen molar-refractivity contribution in [2.75, 3.05) is 47.6 Å². The second kappa shape index (κ2) is 11.6. The maximum atomic E-state index is 13.9. The molecule has 1 unspecified atom stereocenters. The van der Waals surface area contributed by atoms with Crippen LogP contribution in [-0.2, 0) is 22.9 Å². The zero-order valence-corrected chi connectivity index (χ0v) is 25.3. The summed E-state index contributed by atoms with van der Waals surface area (Å²) in [6.07, 6.45) is -3.91. The smallest absolute Gasteiger partial charge is 0.421 e. The molecule has 12 heteroatoms. The first-order valence-electron chi connectivity index (χ1n) is 14.4. The van der Waals surface area contributed by atoms with Gasteiger partial charge in [-0.15, -0.1) is 0 Å². The number of hydrogen-bond acceptors (Lipinski definition) is 8. The van der Waals surface area contributed by atoms with Crippen molar-refractivity contribution in [1.82, 2.24) is 14.9 Å². The quantitative estimate of drug-likeness (QED) is 0.291. The van der Waals surface area contributed by atoms with Crippen molar-refractivity contribution < 1.29 is 22.7 Å². The number of carbonyl (C=O) groups is 1. The topological polar surface area (TPSA) is 94.7 Å². The molecule has 230 valence electrons. The summed E-state index contributed by atoms with van der Waals surface area (Å²) in [5, 5.41) is 8.72. The fourth-order valence-corrected chi connectivity index (χ4v) is 6.02. The van der Waals surface area contributed by atoms with Crippen LogP contribution in [0.3, 0.4) is 0 Å². The molecule has 1 fully saturated rings. The van der Waals surface area contributed by atoms with E-state index in [1.807, 2.05) is 18.2 Å². The van der Waals surface area contributed by atoms with Crippen molar-refractivity contribution in [1.29, 1.82) is 0 Å². The van der Waals surface area contributed by atoms with E-state index in [1.165, 1.54) is 0 Å². The summed E-state index contributed by atoms with van der Waals surface area (Å²) in [4.78, 5) is 25.4. The molecule has 0 radical (unpaired) electrons. The second-order valence-corrected chi connectivity index (χ2v) is 11.9. The first-order valence-corrected chi connectivity index (χ1v) is 14.4. The number of fused-ring (bicyclic) bond motifs is 1. The van der Waals surface area contributed by atoms with E-state index in [2.05, 4.69) is 56.5 Å². The van der Waals surface area contributed by atoms with Crippen LogP contribution in [0.25, 0.3) is 0 Å². The Balaban J connectivity index is 1.38. The van der Waals surface area contributed by atoms with Gasteiger partial charge in [0.15, 0.2) is 0 Å². The third kappa shape index (κ3) is 6.06. The number of nitrogens with one attached hydrogen (secondary N) is 3. The normalized spacial score (nSPS) is 18.4. The number of anilines is 5. The van der Waals surface area contributed by atoms with E-state index >= 15 is 0 Å². The molecule has 1 aromatic heterocycles. The molecule has 3 aromatic rings. The molecule has 2 aromatic carbocycles. The van der Waals surface area contributed by atoms with Crippen LogP contribution in [0.4, 0.5) is 42.0 Å². The standard InChI is InChI=1S/C31H38F3N7O2/c1-18(2)41-13-12-40(17-19(41)3)21-10-11-23(25(14-21)43-6)38-29-36-16-22(31(32,33)34)27(39-29)35-15-20-8-7-9-24-26(20)30(4,5)28(42)37-24/h7-11,14,16,18-19H,12-13,15,17H2,1-6H3,(H,37,42)(H2,35,36,38,39). The van der Waals surface area contributed by atoms with Crippen LogP contribution in [0.2, 0.25) is 0 Å². The number of nitrogens with zero attached hydrogens (tertiary/aromatic N) is 4. The average molecular weight is 598 g/mol. The van der Waals surface area contributed by atoms with Gasteiger partial charge < -0.3 is 25.6 Å². The third-order valence-corrected chi connectivity index (χ3v) is 8.27. The molecule has 1 saturated heterocycles. The van der Waals surface area contributed by atoms with Crippen LogP contribution in [0, 0.1) is 0 Å². The average Bonchev–Trinajstić information content (AvgIpc) is 3.19. The minimum Gasteiger partial charge on any atom is -0.494 e. The summed E-state index contributed by atoms with van der Waals surface area (Å²) < 4.78 is 47.5. The zero-order chi connectivity index (χ0) is 31.1. The van der Waals surface area contributed by atoms with Crippen LogP contribution in [-0.4, -0.2) is 59.6 Å². The zero-order valence-electron chi connectivity index (χ0n) is 25.3. The van der Waals surface area contributed by atoms with Crippen molar-refractivity contribution in [3.05, 3.63) is 59.3 Å². The number of piperazine rings is 1. The monoisotopic (exact) mass is 597 g/mol. The molecular weight excluding hydrogens is 559 g/mol. The number of methoxy groups -OCH3 is 1. The molecule has 2 aliphatic heterocycles. The van der Waals surface area contributed by atoms with Gasteiger partial charge in [0.1, 0.15) is 17.1 Å².